The summed E-state index contributed by atoms with van der Waals surface area (Å²) in [7, 11) is -4.49. The standard InChI is InChI=1S/C13H17F2NO2S/c1-9-2-3-11(8-9)16-10-4-6-12(7-5-10)19(17,18)13(14)15/h4-7,9,11,13,16H,2-3,8H2,1H3. The van der Waals surface area contributed by atoms with Gasteiger partial charge in [-0.05, 0) is 49.4 Å². The van der Waals surface area contributed by atoms with Crippen molar-refractivity contribution >= 4 is 15.5 Å². The van der Waals surface area contributed by atoms with Crippen LogP contribution in [0.25, 0.3) is 0 Å². The molecule has 0 amide bonds. The maximum atomic E-state index is 12.4. The summed E-state index contributed by atoms with van der Waals surface area (Å²) in [6.45, 7) is 2.19. The molecule has 1 aliphatic rings. The molecule has 6 heteroatoms. The van der Waals surface area contributed by atoms with Crippen LogP contribution in [0.1, 0.15) is 26.2 Å². The molecule has 0 saturated heterocycles. The van der Waals surface area contributed by atoms with Crippen LogP contribution in [0.4, 0.5) is 14.5 Å². The fourth-order valence-corrected chi connectivity index (χ4v) is 3.14. The molecule has 2 atom stereocenters. The van der Waals surface area contributed by atoms with Crippen molar-refractivity contribution in [1.29, 1.82) is 0 Å². The minimum Gasteiger partial charge on any atom is -0.382 e. The molecule has 3 nitrogen and oxygen atoms in total. The van der Waals surface area contributed by atoms with Crippen LogP contribution in [0.5, 0.6) is 0 Å². The van der Waals surface area contributed by atoms with Crippen molar-refractivity contribution in [1.82, 2.24) is 0 Å². The number of alkyl halides is 2. The Hall–Kier alpha value is -1.17. The van der Waals surface area contributed by atoms with Gasteiger partial charge in [0.15, 0.2) is 0 Å². The Balaban J connectivity index is 2.07. The molecule has 1 saturated carbocycles. The van der Waals surface area contributed by atoms with Crippen LogP contribution in [0, 0.1) is 5.92 Å². The third-order valence-corrected chi connectivity index (χ3v) is 4.88. The predicted molar refractivity (Wildman–Crippen MR) is 70.1 cm³/mol. The number of rotatable bonds is 4. The Labute approximate surface area is 111 Å². The van der Waals surface area contributed by atoms with E-state index in [0.29, 0.717) is 12.0 Å². The molecule has 1 N–H and O–H groups in total. The second-order valence-corrected chi connectivity index (χ2v) is 7.01. The van der Waals surface area contributed by atoms with Gasteiger partial charge in [-0.2, -0.15) is 8.78 Å². The molecule has 19 heavy (non-hydrogen) atoms. The van der Waals surface area contributed by atoms with Gasteiger partial charge in [0.05, 0.1) is 4.90 Å². The van der Waals surface area contributed by atoms with Crippen LogP contribution >= 0.6 is 0 Å². The molecule has 0 aliphatic heterocycles. The van der Waals surface area contributed by atoms with Crippen molar-refractivity contribution in [2.75, 3.05) is 5.32 Å². The van der Waals surface area contributed by atoms with Gasteiger partial charge in [0, 0.05) is 11.7 Å². The van der Waals surface area contributed by atoms with Crippen molar-refractivity contribution in [3.05, 3.63) is 24.3 Å². The van der Waals surface area contributed by atoms with Crippen molar-refractivity contribution in [2.45, 2.75) is 42.9 Å². The fourth-order valence-electron chi connectivity index (χ4n) is 2.42. The number of hydrogen-bond donors (Lipinski definition) is 1. The number of sulfone groups is 1. The molecule has 1 aromatic rings. The molecule has 0 radical (unpaired) electrons. The minimum atomic E-state index is -4.49. The van der Waals surface area contributed by atoms with E-state index in [9.17, 15) is 17.2 Å². The Morgan fingerprint density at radius 2 is 1.84 bits per heavy atom. The Morgan fingerprint density at radius 1 is 1.21 bits per heavy atom. The summed E-state index contributed by atoms with van der Waals surface area (Å²) in [6, 6.07) is 5.91. The lowest BCUT2D eigenvalue weighted by Gasteiger charge is -2.14. The Kier molecular flexibility index (Phi) is 4.08. The lowest BCUT2D eigenvalue weighted by Crippen LogP contribution is -2.15. The van der Waals surface area contributed by atoms with Crippen molar-refractivity contribution < 1.29 is 17.2 Å². The van der Waals surface area contributed by atoms with Gasteiger partial charge in [-0.3, -0.25) is 0 Å². The first-order chi connectivity index (χ1) is 8.89. The topological polar surface area (TPSA) is 46.2 Å². The van der Waals surface area contributed by atoms with E-state index in [4.69, 9.17) is 0 Å². The highest BCUT2D eigenvalue weighted by Gasteiger charge is 2.26. The smallest absolute Gasteiger partial charge is 0.341 e. The Bertz CT molecular complexity index is 528. The van der Waals surface area contributed by atoms with Gasteiger partial charge in [-0.1, -0.05) is 6.92 Å². The molecular weight excluding hydrogens is 272 g/mol. The predicted octanol–water partition coefficient (Wildman–Crippen LogP) is 3.28. The first-order valence-electron chi connectivity index (χ1n) is 6.28. The third-order valence-electron chi connectivity index (χ3n) is 3.48. The SMILES string of the molecule is CC1CCC(Nc2ccc(S(=O)(=O)C(F)F)cc2)C1. The van der Waals surface area contributed by atoms with E-state index in [1.165, 1.54) is 30.7 Å². The highest BCUT2D eigenvalue weighted by Crippen LogP contribution is 2.28. The average Bonchev–Trinajstić information content (AvgIpc) is 2.75. The molecule has 106 valence electrons. The van der Waals surface area contributed by atoms with E-state index in [-0.39, 0.29) is 4.90 Å². The minimum absolute atomic E-state index is 0.340. The number of halogens is 2. The molecule has 0 heterocycles. The van der Waals surface area contributed by atoms with Crippen molar-refractivity contribution in [3.63, 3.8) is 0 Å². The second kappa shape index (κ2) is 5.45. The molecule has 2 rings (SSSR count). The first kappa shape index (κ1) is 14.2. The molecule has 0 spiro atoms. The quantitative estimate of drug-likeness (QED) is 0.925. The van der Waals surface area contributed by atoms with Crippen LogP contribution in [0.2, 0.25) is 0 Å². The lowest BCUT2D eigenvalue weighted by atomic mass is 10.1. The Morgan fingerprint density at radius 3 is 2.32 bits per heavy atom. The number of benzene rings is 1. The number of nitrogens with one attached hydrogen (secondary N) is 1. The molecule has 2 unspecified atom stereocenters. The van der Waals surface area contributed by atoms with Gasteiger partial charge in [0.1, 0.15) is 0 Å². The zero-order valence-electron chi connectivity index (χ0n) is 10.6. The summed E-state index contributed by atoms with van der Waals surface area (Å²) < 4.78 is 47.3. The van der Waals surface area contributed by atoms with Crippen LogP contribution in [0.3, 0.4) is 0 Å². The molecular formula is C13H17F2NO2S. The van der Waals surface area contributed by atoms with Crippen molar-refractivity contribution in [2.24, 2.45) is 5.92 Å². The maximum Gasteiger partial charge on any atom is 0.341 e. The van der Waals surface area contributed by atoms with Gasteiger partial charge in [0.25, 0.3) is 0 Å². The van der Waals surface area contributed by atoms with Crippen LogP contribution in [-0.4, -0.2) is 20.2 Å². The first-order valence-corrected chi connectivity index (χ1v) is 7.83. The second-order valence-electron chi connectivity index (χ2n) is 5.09. The monoisotopic (exact) mass is 289 g/mol. The summed E-state index contributed by atoms with van der Waals surface area (Å²) in [6.07, 6.45) is 3.34. The average molecular weight is 289 g/mol. The zero-order chi connectivity index (χ0) is 14.0. The number of hydrogen-bond acceptors (Lipinski definition) is 3. The molecule has 0 bridgehead atoms. The lowest BCUT2D eigenvalue weighted by molar-refractivity contribution is 0.234. The van der Waals surface area contributed by atoms with Gasteiger partial charge >= 0.3 is 5.76 Å². The van der Waals surface area contributed by atoms with Gasteiger partial charge < -0.3 is 5.32 Å². The van der Waals surface area contributed by atoms with Crippen LogP contribution < -0.4 is 5.32 Å². The maximum absolute atomic E-state index is 12.4. The summed E-state index contributed by atoms with van der Waals surface area (Å²) in [4.78, 5) is -0.340. The fraction of sp³-hybridized carbons (Fsp3) is 0.538. The molecule has 1 aromatic carbocycles. The van der Waals surface area contributed by atoms with E-state index < -0.39 is 15.6 Å². The molecule has 1 aliphatic carbocycles. The van der Waals surface area contributed by atoms with E-state index in [1.807, 2.05) is 0 Å². The van der Waals surface area contributed by atoms with Gasteiger partial charge in [-0.25, -0.2) is 8.42 Å². The normalized spacial score (nSPS) is 23.8. The largest absolute Gasteiger partial charge is 0.382 e. The molecule has 1 fully saturated rings. The summed E-state index contributed by atoms with van der Waals surface area (Å²) in [5.74, 6) is -2.68. The highest BCUT2D eigenvalue weighted by atomic mass is 32.2. The third kappa shape index (κ3) is 3.23. The highest BCUT2D eigenvalue weighted by molar-refractivity contribution is 7.91. The van der Waals surface area contributed by atoms with E-state index >= 15 is 0 Å². The van der Waals surface area contributed by atoms with E-state index in [1.54, 1.807) is 0 Å². The van der Waals surface area contributed by atoms with Crippen molar-refractivity contribution in [3.8, 4) is 0 Å². The van der Waals surface area contributed by atoms with Crippen LogP contribution in [-0.2, 0) is 9.84 Å². The van der Waals surface area contributed by atoms with E-state index in [2.05, 4.69) is 12.2 Å². The van der Waals surface area contributed by atoms with Gasteiger partial charge in [-0.15, -0.1) is 0 Å². The summed E-state index contributed by atoms with van der Waals surface area (Å²) in [5.41, 5.74) is 0.771. The van der Waals surface area contributed by atoms with Gasteiger partial charge in [0.2, 0.25) is 9.84 Å². The van der Waals surface area contributed by atoms with E-state index in [0.717, 1.165) is 18.5 Å². The molecule has 0 aromatic heterocycles. The van der Waals surface area contributed by atoms with Crippen LogP contribution in [0.15, 0.2) is 29.2 Å². The summed E-state index contributed by atoms with van der Waals surface area (Å²) in [5, 5.41) is 3.30. The summed E-state index contributed by atoms with van der Waals surface area (Å²) >= 11 is 0. The number of anilines is 1. The zero-order valence-corrected chi connectivity index (χ0v) is 11.5.